The molecule has 0 unspecified atom stereocenters. The highest BCUT2D eigenvalue weighted by molar-refractivity contribution is 7.92. The topological polar surface area (TPSA) is 66.4 Å². The molecule has 0 saturated carbocycles. The zero-order chi connectivity index (χ0) is 14.8. The Labute approximate surface area is 116 Å². The number of aryl methyl sites for hydroxylation is 1. The van der Waals surface area contributed by atoms with Gasteiger partial charge in [-0.25, -0.2) is 12.8 Å². The van der Waals surface area contributed by atoms with Gasteiger partial charge in [0.2, 0.25) is 0 Å². The van der Waals surface area contributed by atoms with Gasteiger partial charge >= 0.3 is 0 Å². The summed E-state index contributed by atoms with van der Waals surface area (Å²) in [4.78, 5) is -0.0940. The lowest BCUT2D eigenvalue weighted by Crippen LogP contribution is -2.13. The maximum atomic E-state index is 13.3. The molecule has 0 radical (unpaired) electrons. The molecule has 106 valence electrons. The van der Waals surface area contributed by atoms with Crippen LogP contribution in [0.4, 0.5) is 10.1 Å². The maximum Gasteiger partial charge on any atom is 0.261 e. The predicted octanol–water partition coefficient (Wildman–Crippen LogP) is 2.43. The summed E-state index contributed by atoms with van der Waals surface area (Å²) >= 11 is 0. The van der Waals surface area contributed by atoms with E-state index in [1.807, 2.05) is 6.92 Å². The molecular formula is C14H14FNO3S. The Morgan fingerprint density at radius 2 is 1.80 bits per heavy atom. The summed E-state index contributed by atoms with van der Waals surface area (Å²) < 4.78 is 40.0. The fourth-order valence-electron chi connectivity index (χ4n) is 1.68. The van der Waals surface area contributed by atoms with Gasteiger partial charge in [-0.05, 0) is 37.3 Å². The Kier molecular flexibility index (Phi) is 4.06. The van der Waals surface area contributed by atoms with Crippen molar-refractivity contribution in [3.63, 3.8) is 0 Å². The Morgan fingerprint density at radius 3 is 2.40 bits per heavy atom. The first-order chi connectivity index (χ1) is 9.42. The molecule has 20 heavy (non-hydrogen) atoms. The van der Waals surface area contributed by atoms with Crippen LogP contribution in [0.5, 0.6) is 0 Å². The average Bonchev–Trinajstić information content (AvgIpc) is 2.41. The minimum atomic E-state index is -3.80. The van der Waals surface area contributed by atoms with E-state index in [-0.39, 0.29) is 10.5 Å². The third-order valence-electron chi connectivity index (χ3n) is 2.80. The van der Waals surface area contributed by atoms with Crippen molar-refractivity contribution in [2.75, 3.05) is 4.72 Å². The van der Waals surface area contributed by atoms with E-state index in [0.29, 0.717) is 5.69 Å². The van der Waals surface area contributed by atoms with Crippen LogP contribution in [0.1, 0.15) is 11.1 Å². The normalized spacial score (nSPS) is 11.3. The van der Waals surface area contributed by atoms with Gasteiger partial charge in [-0.3, -0.25) is 4.72 Å². The Bertz CT molecular complexity index is 712. The van der Waals surface area contributed by atoms with Crippen LogP contribution >= 0.6 is 0 Å². The van der Waals surface area contributed by atoms with Gasteiger partial charge < -0.3 is 5.11 Å². The second-order valence-corrected chi connectivity index (χ2v) is 6.07. The predicted molar refractivity (Wildman–Crippen MR) is 74.3 cm³/mol. The van der Waals surface area contributed by atoms with Crippen LogP contribution in [0.3, 0.4) is 0 Å². The number of rotatable bonds is 4. The highest BCUT2D eigenvalue weighted by Crippen LogP contribution is 2.19. The summed E-state index contributed by atoms with van der Waals surface area (Å²) in [6.07, 6.45) is 0. The van der Waals surface area contributed by atoms with Crippen molar-refractivity contribution in [3.8, 4) is 0 Å². The third kappa shape index (κ3) is 3.15. The molecule has 2 rings (SSSR count). The van der Waals surface area contributed by atoms with E-state index in [4.69, 9.17) is 5.11 Å². The van der Waals surface area contributed by atoms with E-state index in [1.165, 1.54) is 0 Å². The van der Waals surface area contributed by atoms with Crippen molar-refractivity contribution >= 4 is 15.7 Å². The number of aliphatic hydroxyl groups is 1. The fraction of sp³-hybridized carbons (Fsp3) is 0.143. The van der Waals surface area contributed by atoms with Crippen LogP contribution in [0.15, 0.2) is 47.4 Å². The molecule has 2 N–H and O–H groups in total. The van der Waals surface area contributed by atoms with Gasteiger partial charge in [0, 0.05) is 11.3 Å². The van der Waals surface area contributed by atoms with E-state index in [0.717, 1.165) is 23.8 Å². The van der Waals surface area contributed by atoms with Gasteiger partial charge in [0.05, 0.1) is 11.5 Å². The van der Waals surface area contributed by atoms with Gasteiger partial charge in [0.1, 0.15) is 5.82 Å². The van der Waals surface area contributed by atoms with Crippen molar-refractivity contribution in [3.05, 3.63) is 59.4 Å². The van der Waals surface area contributed by atoms with E-state index in [1.54, 1.807) is 24.3 Å². The molecule has 4 nitrogen and oxygen atoms in total. The Balaban J connectivity index is 2.33. The average molecular weight is 295 g/mol. The highest BCUT2D eigenvalue weighted by Gasteiger charge is 2.16. The number of aliphatic hydroxyl groups excluding tert-OH is 1. The maximum absolute atomic E-state index is 13.3. The fourth-order valence-corrected chi connectivity index (χ4v) is 2.78. The van der Waals surface area contributed by atoms with Crippen LogP contribution < -0.4 is 4.72 Å². The molecule has 0 aliphatic heterocycles. The van der Waals surface area contributed by atoms with Gasteiger partial charge in [-0.1, -0.05) is 17.7 Å². The van der Waals surface area contributed by atoms with Gasteiger partial charge in [0.15, 0.2) is 0 Å². The third-order valence-corrected chi connectivity index (χ3v) is 4.18. The standard InChI is InChI=1S/C14H14FNO3S/c1-10-2-4-12(5-3-10)16-20(18,19)13-6-7-14(15)11(8-13)9-17/h2-8,16-17H,9H2,1H3. The van der Waals surface area contributed by atoms with E-state index >= 15 is 0 Å². The number of halogens is 1. The first-order valence-electron chi connectivity index (χ1n) is 5.91. The molecule has 2 aromatic carbocycles. The Morgan fingerprint density at radius 1 is 1.15 bits per heavy atom. The zero-order valence-corrected chi connectivity index (χ0v) is 11.6. The van der Waals surface area contributed by atoms with Gasteiger partial charge in [-0.15, -0.1) is 0 Å². The molecule has 0 amide bonds. The molecule has 0 aliphatic carbocycles. The van der Waals surface area contributed by atoms with E-state index < -0.39 is 22.4 Å². The number of benzene rings is 2. The van der Waals surface area contributed by atoms with Gasteiger partial charge in [-0.2, -0.15) is 0 Å². The minimum Gasteiger partial charge on any atom is -0.392 e. The zero-order valence-electron chi connectivity index (χ0n) is 10.8. The van der Waals surface area contributed by atoms with Crippen LogP contribution in [-0.2, 0) is 16.6 Å². The molecule has 2 aromatic rings. The summed E-state index contributed by atoms with van der Waals surface area (Å²) in [5.74, 6) is -0.637. The summed E-state index contributed by atoms with van der Waals surface area (Å²) in [6, 6.07) is 10.1. The molecule has 0 spiro atoms. The van der Waals surface area contributed by atoms with Crippen molar-refractivity contribution in [2.24, 2.45) is 0 Å². The highest BCUT2D eigenvalue weighted by atomic mass is 32.2. The van der Waals surface area contributed by atoms with Crippen molar-refractivity contribution < 1.29 is 17.9 Å². The molecule has 0 saturated heterocycles. The van der Waals surface area contributed by atoms with E-state index in [2.05, 4.69) is 4.72 Å². The second-order valence-electron chi connectivity index (χ2n) is 4.38. The van der Waals surface area contributed by atoms with Crippen molar-refractivity contribution in [1.29, 1.82) is 0 Å². The largest absolute Gasteiger partial charge is 0.392 e. The summed E-state index contributed by atoms with van der Waals surface area (Å²) in [6.45, 7) is 1.34. The molecule has 6 heteroatoms. The number of sulfonamides is 1. The van der Waals surface area contributed by atoms with Crippen LogP contribution in [-0.4, -0.2) is 13.5 Å². The smallest absolute Gasteiger partial charge is 0.261 e. The van der Waals surface area contributed by atoms with Crippen LogP contribution in [0, 0.1) is 12.7 Å². The number of hydrogen-bond donors (Lipinski definition) is 2. The lowest BCUT2D eigenvalue weighted by Gasteiger charge is -2.09. The molecule has 0 heterocycles. The monoisotopic (exact) mass is 295 g/mol. The molecular weight excluding hydrogens is 281 g/mol. The summed E-state index contributed by atoms with van der Waals surface area (Å²) in [5, 5.41) is 8.97. The molecule has 0 aliphatic rings. The number of anilines is 1. The minimum absolute atomic E-state index is 0.0585. The molecule has 0 bridgehead atoms. The van der Waals surface area contributed by atoms with Gasteiger partial charge in [0.25, 0.3) is 10.0 Å². The summed E-state index contributed by atoms with van der Waals surface area (Å²) in [5.41, 5.74) is 1.37. The lowest BCUT2D eigenvalue weighted by atomic mass is 10.2. The van der Waals surface area contributed by atoms with Crippen LogP contribution in [0.2, 0.25) is 0 Å². The quantitative estimate of drug-likeness (QED) is 0.910. The molecule has 0 atom stereocenters. The Hall–Kier alpha value is -1.92. The summed E-state index contributed by atoms with van der Waals surface area (Å²) in [7, 11) is -3.80. The SMILES string of the molecule is Cc1ccc(NS(=O)(=O)c2ccc(F)c(CO)c2)cc1. The lowest BCUT2D eigenvalue weighted by molar-refractivity contribution is 0.275. The molecule has 0 aromatic heterocycles. The number of nitrogens with one attached hydrogen (secondary N) is 1. The second kappa shape index (κ2) is 5.60. The van der Waals surface area contributed by atoms with E-state index in [9.17, 15) is 12.8 Å². The number of hydrogen-bond acceptors (Lipinski definition) is 3. The first kappa shape index (κ1) is 14.5. The van der Waals surface area contributed by atoms with Crippen molar-refractivity contribution in [1.82, 2.24) is 0 Å². The van der Waals surface area contributed by atoms with Crippen molar-refractivity contribution in [2.45, 2.75) is 18.4 Å². The molecule has 0 fully saturated rings. The first-order valence-corrected chi connectivity index (χ1v) is 7.39. The van der Waals surface area contributed by atoms with Crippen LogP contribution in [0.25, 0.3) is 0 Å².